The first-order valence-corrected chi connectivity index (χ1v) is 6.07. The molecular formula is C7H15ClFO3P. The lowest BCUT2D eigenvalue weighted by Gasteiger charge is -2.22. The number of hydrogen-bond donors (Lipinski definition) is 0. The third-order valence-corrected chi connectivity index (χ3v) is 3.58. The molecule has 0 aromatic carbocycles. The van der Waals surface area contributed by atoms with Crippen LogP contribution < -0.4 is 0 Å². The van der Waals surface area contributed by atoms with E-state index in [0.29, 0.717) is 0 Å². The molecule has 0 aromatic heterocycles. The summed E-state index contributed by atoms with van der Waals surface area (Å²) in [5, 5.41) is -2.11. The normalized spacial score (nSPS) is 15.4. The fraction of sp³-hybridized carbons (Fsp3) is 1.00. The molecule has 0 aliphatic heterocycles. The highest BCUT2D eigenvalue weighted by molar-refractivity contribution is 7.56. The first-order chi connectivity index (χ1) is 5.78. The van der Waals surface area contributed by atoms with Gasteiger partial charge in [-0.3, -0.25) is 4.57 Å². The maximum absolute atomic E-state index is 12.7. The van der Waals surface area contributed by atoms with E-state index in [1.54, 1.807) is 27.7 Å². The monoisotopic (exact) mass is 232 g/mol. The molecule has 1 atom stereocenters. The highest BCUT2D eigenvalue weighted by atomic mass is 35.5. The fourth-order valence-electron chi connectivity index (χ4n) is 0.705. The molecule has 0 fully saturated rings. The van der Waals surface area contributed by atoms with Crippen molar-refractivity contribution in [1.82, 2.24) is 0 Å². The summed E-state index contributed by atoms with van der Waals surface area (Å²) in [5.74, 6) is 0. The molecule has 0 spiro atoms. The summed E-state index contributed by atoms with van der Waals surface area (Å²) >= 11 is 5.09. The number of halogens is 2. The van der Waals surface area contributed by atoms with E-state index in [-0.39, 0.29) is 12.2 Å². The highest BCUT2D eigenvalue weighted by Crippen LogP contribution is 2.57. The van der Waals surface area contributed by atoms with Crippen molar-refractivity contribution in [3.8, 4) is 0 Å². The zero-order chi connectivity index (χ0) is 10.6. The minimum absolute atomic E-state index is 0.387. The number of alkyl halides is 2. The van der Waals surface area contributed by atoms with Gasteiger partial charge in [0.05, 0.1) is 12.2 Å². The summed E-state index contributed by atoms with van der Waals surface area (Å²) in [6.07, 6.45) is -0.775. The van der Waals surface area contributed by atoms with Crippen molar-refractivity contribution in [1.29, 1.82) is 0 Å². The Morgan fingerprint density at radius 2 is 1.46 bits per heavy atom. The lowest BCUT2D eigenvalue weighted by molar-refractivity contribution is 0.132. The van der Waals surface area contributed by atoms with Crippen LogP contribution in [-0.2, 0) is 13.6 Å². The van der Waals surface area contributed by atoms with Crippen molar-refractivity contribution in [3.63, 3.8) is 0 Å². The first kappa shape index (κ1) is 13.4. The van der Waals surface area contributed by atoms with Gasteiger partial charge in [0.25, 0.3) is 5.37 Å². The van der Waals surface area contributed by atoms with Crippen molar-refractivity contribution >= 4 is 19.2 Å². The molecule has 0 aliphatic rings. The van der Waals surface area contributed by atoms with Crippen LogP contribution in [0, 0.1) is 0 Å². The van der Waals surface area contributed by atoms with Gasteiger partial charge in [-0.05, 0) is 27.7 Å². The van der Waals surface area contributed by atoms with E-state index in [1.807, 2.05) is 0 Å². The summed E-state index contributed by atoms with van der Waals surface area (Å²) in [7, 11) is -3.80. The van der Waals surface area contributed by atoms with Crippen LogP contribution in [0.4, 0.5) is 4.39 Å². The molecule has 0 saturated carbocycles. The van der Waals surface area contributed by atoms with Gasteiger partial charge in [-0.1, -0.05) is 11.6 Å². The third-order valence-electron chi connectivity index (χ3n) is 0.955. The maximum Gasteiger partial charge on any atom is 0.380 e. The topological polar surface area (TPSA) is 35.5 Å². The average Bonchev–Trinajstić information content (AvgIpc) is 1.82. The number of rotatable bonds is 5. The quantitative estimate of drug-likeness (QED) is 0.537. The SMILES string of the molecule is CC(C)OP(=O)(OC(C)C)C(F)Cl. The summed E-state index contributed by atoms with van der Waals surface area (Å²) in [6, 6.07) is 0. The molecule has 0 heterocycles. The Morgan fingerprint density at radius 1 is 1.15 bits per heavy atom. The van der Waals surface area contributed by atoms with Crippen LogP contribution in [0.15, 0.2) is 0 Å². The largest absolute Gasteiger partial charge is 0.380 e. The first-order valence-electron chi connectivity index (χ1n) is 4.02. The molecule has 13 heavy (non-hydrogen) atoms. The van der Waals surface area contributed by atoms with Gasteiger partial charge in [0.2, 0.25) is 0 Å². The van der Waals surface area contributed by atoms with Gasteiger partial charge in [0.15, 0.2) is 0 Å². The zero-order valence-corrected chi connectivity index (χ0v) is 9.81. The molecule has 0 amide bonds. The van der Waals surface area contributed by atoms with Crippen LogP contribution in [0.25, 0.3) is 0 Å². The van der Waals surface area contributed by atoms with Crippen molar-refractivity contribution < 1.29 is 18.0 Å². The van der Waals surface area contributed by atoms with Crippen LogP contribution in [0.2, 0.25) is 0 Å². The average molecular weight is 233 g/mol. The summed E-state index contributed by atoms with van der Waals surface area (Å²) < 4.78 is 34.0. The zero-order valence-electron chi connectivity index (χ0n) is 8.16. The molecule has 0 saturated heterocycles. The lowest BCUT2D eigenvalue weighted by Crippen LogP contribution is -2.11. The maximum atomic E-state index is 12.7. The van der Waals surface area contributed by atoms with Gasteiger partial charge in [-0.2, -0.15) is 0 Å². The highest BCUT2D eigenvalue weighted by Gasteiger charge is 2.36. The molecule has 0 N–H and O–H groups in total. The third kappa shape index (κ3) is 4.96. The minimum atomic E-state index is -3.80. The lowest BCUT2D eigenvalue weighted by atomic mass is 10.5. The van der Waals surface area contributed by atoms with E-state index in [4.69, 9.17) is 20.6 Å². The summed E-state index contributed by atoms with van der Waals surface area (Å²) in [4.78, 5) is 0. The van der Waals surface area contributed by atoms with Gasteiger partial charge >= 0.3 is 7.60 Å². The van der Waals surface area contributed by atoms with Crippen molar-refractivity contribution in [2.75, 3.05) is 0 Å². The van der Waals surface area contributed by atoms with Crippen LogP contribution in [0.1, 0.15) is 27.7 Å². The van der Waals surface area contributed by atoms with Crippen LogP contribution in [0.3, 0.4) is 0 Å². The molecule has 0 rings (SSSR count). The molecular weight excluding hydrogens is 217 g/mol. The Labute approximate surface area is 83.1 Å². The van der Waals surface area contributed by atoms with E-state index < -0.39 is 13.0 Å². The Morgan fingerprint density at radius 3 is 1.62 bits per heavy atom. The van der Waals surface area contributed by atoms with E-state index in [2.05, 4.69) is 0 Å². The van der Waals surface area contributed by atoms with Crippen LogP contribution >= 0.6 is 19.2 Å². The fourth-order valence-corrected chi connectivity index (χ4v) is 2.39. The van der Waals surface area contributed by atoms with Gasteiger partial charge in [-0.25, -0.2) is 4.39 Å². The second kappa shape index (κ2) is 5.30. The summed E-state index contributed by atoms with van der Waals surface area (Å²) in [6.45, 7) is 6.54. The Balaban J connectivity index is 4.45. The van der Waals surface area contributed by atoms with Crippen molar-refractivity contribution in [2.24, 2.45) is 0 Å². The number of hydrogen-bond acceptors (Lipinski definition) is 3. The van der Waals surface area contributed by atoms with Crippen LogP contribution in [0.5, 0.6) is 0 Å². The molecule has 1 unspecified atom stereocenters. The second-order valence-corrected chi connectivity index (χ2v) is 5.77. The minimum Gasteiger partial charge on any atom is -0.303 e. The molecule has 0 radical (unpaired) electrons. The molecule has 3 nitrogen and oxygen atoms in total. The van der Waals surface area contributed by atoms with Gasteiger partial charge in [0, 0.05) is 0 Å². The van der Waals surface area contributed by atoms with Crippen molar-refractivity contribution in [3.05, 3.63) is 0 Å². The van der Waals surface area contributed by atoms with E-state index in [0.717, 1.165) is 0 Å². The summed E-state index contributed by atoms with van der Waals surface area (Å²) in [5.41, 5.74) is 0. The van der Waals surface area contributed by atoms with Gasteiger partial charge in [0.1, 0.15) is 0 Å². The molecule has 80 valence electrons. The van der Waals surface area contributed by atoms with Crippen molar-refractivity contribution in [2.45, 2.75) is 45.3 Å². The molecule has 6 heteroatoms. The molecule has 0 aromatic rings. The van der Waals surface area contributed by atoms with E-state index in [1.165, 1.54) is 0 Å². The van der Waals surface area contributed by atoms with Gasteiger partial charge in [-0.15, -0.1) is 0 Å². The molecule has 0 bridgehead atoms. The smallest absolute Gasteiger partial charge is 0.303 e. The predicted octanol–water partition coefficient (Wildman–Crippen LogP) is 3.52. The molecule has 0 aliphatic carbocycles. The Hall–Kier alpha value is 0.370. The Bertz CT molecular complexity index is 182. The predicted molar refractivity (Wildman–Crippen MR) is 50.8 cm³/mol. The van der Waals surface area contributed by atoms with E-state index >= 15 is 0 Å². The second-order valence-electron chi connectivity index (χ2n) is 3.13. The van der Waals surface area contributed by atoms with E-state index in [9.17, 15) is 8.96 Å². The standard InChI is InChI=1S/C7H15ClFO3P/c1-5(2)11-13(10,7(8)9)12-6(3)4/h5-7H,1-4H3. The van der Waals surface area contributed by atoms with Crippen LogP contribution in [-0.4, -0.2) is 17.6 Å². The Kier molecular flexibility index (Phi) is 5.45. The van der Waals surface area contributed by atoms with Gasteiger partial charge < -0.3 is 9.05 Å².